The Balaban J connectivity index is 1.77. The SMILES string of the molecule is Fc1cc(Br)cnc1N1CCC2CCCCC2C1. The Morgan fingerprint density at radius 2 is 2.00 bits per heavy atom. The van der Waals surface area contributed by atoms with Gasteiger partial charge in [0.2, 0.25) is 0 Å². The Hall–Kier alpha value is -0.640. The summed E-state index contributed by atoms with van der Waals surface area (Å²) in [5.41, 5.74) is 0. The average Bonchev–Trinajstić information content (AvgIpc) is 2.38. The third-order valence-corrected chi connectivity index (χ3v) is 4.81. The quantitative estimate of drug-likeness (QED) is 0.779. The van der Waals surface area contributed by atoms with Crippen LogP contribution in [-0.2, 0) is 0 Å². The van der Waals surface area contributed by atoms with Gasteiger partial charge < -0.3 is 4.90 Å². The highest BCUT2D eigenvalue weighted by molar-refractivity contribution is 9.10. The number of aromatic nitrogens is 1. The van der Waals surface area contributed by atoms with E-state index in [1.165, 1.54) is 38.2 Å². The smallest absolute Gasteiger partial charge is 0.166 e. The molecule has 3 rings (SSSR count). The fourth-order valence-corrected chi connectivity index (χ4v) is 3.74. The highest BCUT2D eigenvalue weighted by Gasteiger charge is 2.32. The zero-order chi connectivity index (χ0) is 12.5. The number of halogens is 2. The predicted molar refractivity (Wildman–Crippen MR) is 74.2 cm³/mol. The highest BCUT2D eigenvalue weighted by atomic mass is 79.9. The largest absolute Gasteiger partial charge is 0.354 e. The standard InChI is InChI=1S/C14H18BrFN2/c15-12-7-13(16)14(17-8-12)18-6-5-10-3-1-2-4-11(10)9-18/h7-8,10-11H,1-6,9H2. The van der Waals surface area contributed by atoms with Crippen molar-refractivity contribution in [3.63, 3.8) is 0 Å². The lowest BCUT2D eigenvalue weighted by Crippen LogP contribution is -2.42. The van der Waals surface area contributed by atoms with Gasteiger partial charge in [0.05, 0.1) is 0 Å². The molecule has 98 valence electrons. The molecule has 2 fully saturated rings. The summed E-state index contributed by atoms with van der Waals surface area (Å²) in [6, 6.07) is 1.51. The number of fused-ring (bicyclic) bond motifs is 1. The lowest BCUT2D eigenvalue weighted by molar-refractivity contribution is 0.201. The molecule has 0 spiro atoms. The van der Waals surface area contributed by atoms with Crippen LogP contribution in [0.2, 0.25) is 0 Å². The maximum Gasteiger partial charge on any atom is 0.166 e. The predicted octanol–water partition coefficient (Wildman–Crippen LogP) is 4.00. The molecule has 1 aromatic rings. The Morgan fingerprint density at radius 3 is 2.78 bits per heavy atom. The van der Waals surface area contributed by atoms with Crippen LogP contribution in [-0.4, -0.2) is 18.1 Å². The van der Waals surface area contributed by atoms with Crippen molar-refractivity contribution in [1.29, 1.82) is 0 Å². The lowest BCUT2D eigenvalue weighted by atomic mass is 9.75. The first-order chi connectivity index (χ1) is 8.74. The van der Waals surface area contributed by atoms with Crippen LogP contribution in [0, 0.1) is 17.7 Å². The lowest BCUT2D eigenvalue weighted by Gasteiger charge is -2.41. The molecule has 4 heteroatoms. The summed E-state index contributed by atoms with van der Waals surface area (Å²) < 4.78 is 14.6. The molecule has 0 N–H and O–H groups in total. The molecule has 1 aromatic heterocycles. The Kier molecular flexibility index (Phi) is 3.55. The van der Waals surface area contributed by atoms with Crippen LogP contribution in [0.25, 0.3) is 0 Å². The fraction of sp³-hybridized carbons (Fsp3) is 0.643. The van der Waals surface area contributed by atoms with Gasteiger partial charge >= 0.3 is 0 Å². The summed E-state index contributed by atoms with van der Waals surface area (Å²) in [6.07, 6.45) is 8.28. The average molecular weight is 313 g/mol. The molecule has 0 bridgehead atoms. The molecule has 1 aliphatic heterocycles. The van der Waals surface area contributed by atoms with E-state index in [4.69, 9.17) is 0 Å². The van der Waals surface area contributed by atoms with Gasteiger partial charge in [-0.15, -0.1) is 0 Å². The first-order valence-corrected chi connectivity index (χ1v) is 7.59. The van der Waals surface area contributed by atoms with E-state index in [1.54, 1.807) is 6.20 Å². The maximum absolute atomic E-state index is 13.9. The summed E-state index contributed by atoms with van der Waals surface area (Å²) in [5.74, 6) is 1.94. The monoisotopic (exact) mass is 312 g/mol. The number of hydrogen-bond acceptors (Lipinski definition) is 2. The Morgan fingerprint density at radius 1 is 1.22 bits per heavy atom. The third-order valence-electron chi connectivity index (χ3n) is 4.38. The fourth-order valence-electron chi connectivity index (χ4n) is 3.43. The van der Waals surface area contributed by atoms with Crippen LogP contribution in [0.4, 0.5) is 10.2 Å². The van der Waals surface area contributed by atoms with Crippen LogP contribution < -0.4 is 4.90 Å². The van der Waals surface area contributed by atoms with Gasteiger partial charge in [-0.2, -0.15) is 0 Å². The number of pyridine rings is 1. The molecular weight excluding hydrogens is 295 g/mol. The van der Waals surface area contributed by atoms with Gasteiger partial charge in [-0.25, -0.2) is 9.37 Å². The summed E-state index contributed by atoms with van der Waals surface area (Å²) in [5, 5.41) is 0. The summed E-state index contributed by atoms with van der Waals surface area (Å²) in [6.45, 7) is 1.93. The van der Waals surface area contributed by atoms with Crippen LogP contribution in [0.3, 0.4) is 0 Å². The van der Waals surface area contributed by atoms with E-state index in [-0.39, 0.29) is 5.82 Å². The number of rotatable bonds is 1. The Labute approximate surface area is 116 Å². The minimum absolute atomic E-state index is 0.210. The van der Waals surface area contributed by atoms with Gasteiger partial charge in [0.25, 0.3) is 0 Å². The highest BCUT2D eigenvalue weighted by Crippen LogP contribution is 2.37. The van der Waals surface area contributed by atoms with Crippen molar-refractivity contribution >= 4 is 21.7 Å². The topological polar surface area (TPSA) is 16.1 Å². The van der Waals surface area contributed by atoms with E-state index < -0.39 is 0 Å². The molecular formula is C14H18BrFN2. The Bertz CT molecular complexity index is 438. The van der Waals surface area contributed by atoms with Crippen LogP contribution >= 0.6 is 15.9 Å². The van der Waals surface area contributed by atoms with E-state index in [9.17, 15) is 4.39 Å². The van der Waals surface area contributed by atoms with Gasteiger partial charge in [-0.05, 0) is 46.7 Å². The summed E-state index contributed by atoms with van der Waals surface area (Å²) in [4.78, 5) is 6.38. The zero-order valence-corrected chi connectivity index (χ0v) is 12.0. The molecule has 2 unspecified atom stereocenters. The van der Waals surface area contributed by atoms with Crippen molar-refractivity contribution in [3.8, 4) is 0 Å². The molecule has 1 aliphatic carbocycles. The van der Waals surface area contributed by atoms with Crippen LogP contribution in [0.1, 0.15) is 32.1 Å². The third kappa shape index (κ3) is 2.40. The number of hydrogen-bond donors (Lipinski definition) is 0. The van der Waals surface area contributed by atoms with E-state index in [0.717, 1.165) is 24.9 Å². The molecule has 1 saturated heterocycles. The van der Waals surface area contributed by atoms with Crippen LogP contribution in [0.5, 0.6) is 0 Å². The van der Waals surface area contributed by atoms with Gasteiger partial charge in [-0.1, -0.05) is 19.3 Å². The first kappa shape index (κ1) is 12.4. The van der Waals surface area contributed by atoms with Crippen molar-refractivity contribution in [2.75, 3.05) is 18.0 Å². The van der Waals surface area contributed by atoms with Crippen molar-refractivity contribution < 1.29 is 4.39 Å². The van der Waals surface area contributed by atoms with E-state index in [2.05, 4.69) is 25.8 Å². The second kappa shape index (κ2) is 5.16. The number of anilines is 1. The second-order valence-corrected chi connectivity index (χ2v) is 6.41. The number of piperidine rings is 1. The van der Waals surface area contributed by atoms with Crippen molar-refractivity contribution in [2.45, 2.75) is 32.1 Å². The van der Waals surface area contributed by atoms with E-state index >= 15 is 0 Å². The molecule has 1 saturated carbocycles. The van der Waals surface area contributed by atoms with Crippen molar-refractivity contribution in [1.82, 2.24) is 4.98 Å². The summed E-state index contributed by atoms with van der Waals surface area (Å²) >= 11 is 3.25. The van der Waals surface area contributed by atoms with Crippen LogP contribution in [0.15, 0.2) is 16.7 Å². The first-order valence-electron chi connectivity index (χ1n) is 6.80. The molecule has 2 heterocycles. The minimum atomic E-state index is -0.210. The normalized spacial score (nSPS) is 28.0. The number of nitrogens with zero attached hydrogens (tertiary/aromatic N) is 2. The molecule has 0 radical (unpaired) electrons. The van der Waals surface area contributed by atoms with Crippen molar-refractivity contribution in [3.05, 3.63) is 22.6 Å². The molecule has 2 nitrogen and oxygen atoms in total. The summed E-state index contributed by atoms with van der Waals surface area (Å²) in [7, 11) is 0. The van der Waals surface area contributed by atoms with Gasteiger partial charge in [-0.3, -0.25) is 0 Å². The van der Waals surface area contributed by atoms with Gasteiger partial charge in [0, 0.05) is 23.8 Å². The van der Waals surface area contributed by atoms with Gasteiger partial charge in [0.15, 0.2) is 11.6 Å². The maximum atomic E-state index is 13.9. The minimum Gasteiger partial charge on any atom is -0.354 e. The van der Waals surface area contributed by atoms with E-state index in [0.29, 0.717) is 10.3 Å². The van der Waals surface area contributed by atoms with Crippen molar-refractivity contribution in [2.24, 2.45) is 11.8 Å². The van der Waals surface area contributed by atoms with E-state index in [1.807, 2.05) is 0 Å². The molecule has 18 heavy (non-hydrogen) atoms. The molecule has 2 atom stereocenters. The van der Waals surface area contributed by atoms with Gasteiger partial charge in [0.1, 0.15) is 0 Å². The molecule has 0 amide bonds. The second-order valence-electron chi connectivity index (χ2n) is 5.50. The molecule has 0 aromatic carbocycles. The molecule has 2 aliphatic rings. The zero-order valence-electron chi connectivity index (χ0n) is 10.4.